The third kappa shape index (κ3) is 4.98. The van der Waals surface area contributed by atoms with Crippen molar-refractivity contribution in [3.05, 3.63) is 58.9 Å². The van der Waals surface area contributed by atoms with Crippen LogP contribution < -0.4 is 10.1 Å². The Labute approximate surface area is 159 Å². The number of benzene rings is 2. The fourth-order valence-corrected chi connectivity index (χ4v) is 3.84. The Morgan fingerprint density at radius 2 is 1.92 bits per heavy atom. The van der Waals surface area contributed by atoms with Crippen molar-refractivity contribution in [3.8, 4) is 17.0 Å². The molecule has 0 bridgehead atoms. The molecule has 1 heterocycles. The van der Waals surface area contributed by atoms with Crippen LogP contribution in [0.2, 0.25) is 5.02 Å². The maximum Gasteiger partial charge on any atom is 0.234 e. The van der Waals surface area contributed by atoms with Gasteiger partial charge in [-0.2, -0.15) is 0 Å². The predicted octanol–water partition coefficient (Wildman–Crippen LogP) is 5.20. The molecule has 0 saturated carbocycles. The summed E-state index contributed by atoms with van der Waals surface area (Å²) in [6.07, 6.45) is 0. The van der Waals surface area contributed by atoms with Gasteiger partial charge in [0.15, 0.2) is 4.34 Å². The van der Waals surface area contributed by atoms with Crippen molar-refractivity contribution in [2.75, 3.05) is 18.2 Å². The highest BCUT2D eigenvalue weighted by atomic mass is 35.5. The Balaban J connectivity index is 1.54. The summed E-state index contributed by atoms with van der Waals surface area (Å²) in [7, 11) is 1.61. The molecule has 1 amide bonds. The van der Waals surface area contributed by atoms with Crippen LogP contribution in [0.3, 0.4) is 0 Å². The Bertz CT molecular complexity index is 848. The highest BCUT2D eigenvalue weighted by molar-refractivity contribution is 8.01. The summed E-state index contributed by atoms with van der Waals surface area (Å²) in [5, 5.41) is 5.53. The number of carbonyl (C=O) groups excluding carboxylic acids is 1. The van der Waals surface area contributed by atoms with Crippen LogP contribution in [-0.4, -0.2) is 23.8 Å². The summed E-state index contributed by atoms with van der Waals surface area (Å²) in [6.45, 7) is 0. The molecule has 0 fully saturated rings. The molecular formula is C18H15ClN2O2S2. The van der Waals surface area contributed by atoms with Crippen LogP contribution in [0.4, 0.5) is 5.69 Å². The number of anilines is 1. The first-order valence-electron chi connectivity index (χ1n) is 7.42. The van der Waals surface area contributed by atoms with Gasteiger partial charge in [-0.25, -0.2) is 4.98 Å². The van der Waals surface area contributed by atoms with Gasteiger partial charge in [0.2, 0.25) is 5.91 Å². The largest absolute Gasteiger partial charge is 0.497 e. The second-order valence-electron chi connectivity index (χ2n) is 5.07. The highest BCUT2D eigenvalue weighted by Gasteiger charge is 2.08. The minimum absolute atomic E-state index is 0.0709. The van der Waals surface area contributed by atoms with Gasteiger partial charge in [0.1, 0.15) is 5.75 Å². The molecule has 4 nitrogen and oxygen atoms in total. The Morgan fingerprint density at radius 3 is 2.60 bits per heavy atom. The summed E-state index contributed by atoms with van der Waals surface area (Å²) in [6, 6.07) is 14.8. The molecule has 1 N–H and O–H groups in total. The first kappa shape index (κ1) is 17.8. The van der Waals surface area contributed by atoms with Crippen molar-refractivity contribution in [2.45, 2.75) is 4.34 Å². The zero-order valence-electron chi connectivity index (χ0n) is 13.4. The number of ether oxygens (including phenoxy) is 1. The van der Waals surface area contributed by atoms with Crippen LogP contribution in [0.15, 0.2) is 58.3 Å². The van der Waals surface area contributed by atoms with E-state index in [2.05, 4.69) is 10.3 Å². The summed E-state index contributed by atoms with van der Waals surface area (Å²) < 4.78 is 5.95. The van der Waals surface area contributed by atoms with Crippen LogP contribution in [-0.2, 0) is 4.79 Å². The lowest BCUT2D eigenvalue weighted by atomic mass is 10.2. The number of amides is 1. The van der Waals surface area contributed by atoms with Gasteiger partial charge in [0.25, 0.3) is 0 Å². The summed E-state index contributed by atoms with van der Waals surface area (Å²) >= 11 is 8.84. The topological polar surface area (TPSA) is 51.2 Å². The van der Waals surface area contributed by atoms with E-state index in [4.69, 9.17) is 16.3 Å². The van der Waals surface area contributed by atoms with Crippen LogP contribution in [0.5, 0.6) is 5.75 Å². The average Bonchev–Trinajstić information content (AvgIpc) is 3.10. The zero-order valence-corrected chi connectivity index (χ0v) is 15.8. The number of nitrogens with zero attached hydrogens (tertiary/aromatic N) is 1. The maximum absolute atomic E-state index is 12.1. The Hall–Kier alpha value is -2.02. The van der Waals surface area contributed by atoms with Gasteiger partial charge >= 0.3 is 0 Å². The molecule has 3 aromatic rings. The number of thiazole rings is 1. The molecule has 0 saturated heterocycles. The molecule has 0 aliphatic rings. The second-order valence-corrected chi connectivity index (χ2v) is 7.59. The van der Waals surface area contributed by atoms with Crippen LogP contribution in [0.25, 0.3) is 11.3 Å². The fourth-order valence-electron chi connectivity index (χ4n) is 2.08. The molecule has 1 aromatic heterocycles. The van der Waals surface area contributed by atoms with Gasteiger partial charge in [0, 0.05) is 21.7 Å². The van der Waals surface area contributed by atoms with Crippen molar-refractivity contribution in [3.63, 3.8) is 0 Å². The van der Waals surface area contributed by atoms with Gasteiger partial charge in [-0.05, 0) is 36.4 Å². The lowest BCUT2D eigenvalue weighted by Crippen LogP contribution is -2.13. The van der Waals surface area contributed by atoms with E-state index in [1.165, 1.54) is 23.1 Å². The van der Waals surface area contributed by atoms with Crippen molar-refractivity contribution in [2.24, 2.45) is 0 Å². The molecular weight excluding hydrogens is 376 g/mol. The lowest BCUT2D eigenvalue weighted by Gasteiger charge is -2.05. The van der Waals surface area contributed by atoms with Gasteiger partial charge in [-0.3, -0.25) is 4.79 Å². The number of methoxy groups -OCH3 is 1. The SMILES string of the molecule is COc1ccc(NC(=O)CSc2nc(-c3ccc(Cl)cc3)cs2)cc1. The van der Waals surface area contributed by atoms with Gasteiger partial charge < -0.3 is 10.1 Å². The van der Waals surface area contributed by atoms with Crippen molar-refractivity contribution < 1.29 is 9.53 Å². The molecule has 25 heavy (non-hydrogen) atoms. The maximum atomic E-state index is 12.1. The molecule has 0 unspecified atom stereocenters. The number of nitrogens with one attached hydrogen (secondary N) is 1. The number of hydrogen-bond acceptors (Lipinski definition) is 5. The van der Waals surface area contributed by atoms with Gasteiger partial charge in [-0.15, -0.1) is 11.3 Å². The molecule has 0 atom stereocenters. The molecule has 128 valence electrons. The molecule has 7 heteroatoms. The zero-order chi connectivity index (χ0) is 17.6. The second kappa shape index (κ2) is 8.38. The number of thioether (sulfide) groups is 1. The predicted molar refractivity (Wildman–Crippen MR) is 105 cm³/mol. The monoisotopic (exact) mass is 390 g/mol. The molecule has 3 rings (SSSR count). The number of aromatic nitrogens is 1. The normalized spacial score (nSPS) is 10.5. The van der Waals surface area contributed by atoms with Crippen molar-refractivity contribution in [1.29, 1.82) is 0 Å². The van der Waals surface area contributed by atoms with E-state index in [1.807, 2.05) is 53.9 Å². The van der Waals surface area contributed by atoms with E-state index in [0.717, 1.165) is 27.0 Å². The van der Waals surface area contributed by atoms with Gasteiger partial charge in [0.05, 0.1) is 18.6 Å². The van der Waals surface area contributed by atoms with Crippen molar-refractivity contribution in [1.82, 2.24) is 4.98 Å². The fraction of sp³-hybridized carbons (Fsp3) is 0.111. The third-order valence-electron chi connectivity index (χ3n) is 3.32. The Morgan fingerprint density at radius 1 is 1.20 bits per heavy atom. The molecule has 2 aromatic carbocycles. The summed E-state index contributed by atoms with van der Waals surface area (Å²) in [5.74, 6) is 0.989. The van der Waals surface area contributed by atoms with E-state index < -0.39 is 0 Å². The molecule has 0 spiro atoms. The number of carbonyl (C=O) groups is 1. The smallest absolute Gasteiger partial charge is 0.234 e. The summed E-state index contributed by atoms with van der Waals surface area (Å²) in [5.41, 5.74) is 2.64. The standard InChI is InChI=1S/C18H15ClN2O2S2/c1-23-15-8-6-14(7-9-15)20-17(22)11-25-18-21-16(10-24-18)12-2-4-13(19)5-3-12/h2-10H,11H2,1H3,(H,20,22). The minimum atomic E-state index is -0.0709. The van der Waals surface area contributed by atoms with Crippen LogP contribution in [0, 0.1) is 0 Å². The third-order valence-corrected chi connectivity index (χ3v) is 5.60. The molecule has 0 aliphatic carbocycles. The molecule has 0 aliphatic heterocycles. The van der Waals surface area contributed by atoms with Crippen molar-refractivity contribution >= 4 is 46.3 Å². The quantitative estimate of drug-likeness (QED) is 0.587. The van der Waals surface area contributed by atoms with E-state index in [1.54, 1.807) is 7.11 Å². The number of halogens is 1. The van der Waals surface area contributed by atoms with E-state index in [0.29, 0.717) is 10.8 Å². The lowest BCUT2D eigenvalue weighted by molar-refractivity contribution is -0.113. The highest BCUT2D eigenvalue weighted by Crippen LogP contribution is 2.29. The van der Waals surface area contributed by atoms with Crippen LogP contribution in [0.1, 0.15) is 0 Å². The van der Waals surface area contributed by atoms with E-state index in [9.17, 15) is 4.79 Å². The average molecular weight is 391 g/mol. The van der Waals surface area contributed by atoms with E-state index >= 15 is 0 Å². The summed E-state index contributed by atoms with van der Waals surface area (Å²) in [4.78, 5) is 16.6. The first-order chi connectivity index (χ1) is 12.1. The van der Waals surface area contributed by atoms with Crippen LogP contribution >= 0.6 is 34.7 Å². The first-order valence-corrected chi connectivity index (χ1v) is 9.66. The number of hydrogen-bond donors (Lipinski definition) is 1. The minimum Gasteiger partial charge on any atom is -0.497 e. The van der Waals surface area contributed by atoms with Gasteiger partial charge in [-0.1, -0.05) is 35.5 Å². The number of rotatable bonds is 6. The molecule has 0 radical (unpaired) electrons. The Kier molecular flexibility index (Phi) is 5.96. The van der Waals surface area contributed by atoms with E-state index in [-0.39, 0.29) is 5.91 Å².